The molecule has 7 heteroatoms. The van der Waals surface area contributed by atoms with Crippen molar-refractivity contribution in [2.75, 3.05) is 31.6 Å². The van der Waals surface area contributed by atoms with E-state index in [0.717, 1.165) is 13.0 Å². The number of hydrazine groups is 1. The van der Waals surface area contributed by atoms with Crippen LogP contribution in [0.1, 0.15) is 29.8 Å². The minimum Gasteiger partial charge on any atom is -0.351 e. The number of nitrogens with one attached hydrogen (secondary N) is 2. The van der Waals surface area contributed by atoms with Crippen molar-refractivity contribution in [2.24, 2.45) is 5.84 Å². The second-order valence-electron chi connectivity index (χ2n) is 4.59. The van der Waals surface area contributed by atoms with Crippen molar-refractivity contribution in [3.8, 4) is 0 Å². The van der Waals surface area contributed by atoms with E-state index in [-0.39, 0.29) is 11.6 Å². The molecule has 1 aliphatic rings. The third-order valence-electron chi connectivity index (χ3n) is 3.15. The summed E-state index contributed by atoms with van der Waals surface area (Å²) in [5.74, 6) is 5.38. The lowest BCUT2D eigenvalue weighted by Crippen LogP contribution is -2.29. The Morgan fingerprint density at radius 2 is 2.16 bits per heavy atom. The number of rotatable bonds is 6. The van der Waals surface area contributed by atoms with Crippen molar-refractivity contribution >= 4 is 11.7 Å². The maximum absolute atomic E-state index is 11.8. The van der Waals surface area contributed by atoms with Gasteiger partial charge in [0.15, 0.2) is 5.82 Å². The summed E-state index contributed by atoms with van der Waals surface area (Å²) in [6, 6.07) is 0. The lowest BCUT2D eigenvalue weighted by Gasteiger charge is -2.14. The predicted molar refractivity (Wildman–Crippen MR) is 72.5 cm³/mol. The zero-order valence-corrected chi connectivity index (χ0v) is 10.9. The average Bonchev–Trinajstić information content (AvgIpc) is 2.96. The van der Waals surface area contributed by atoms with Crippen LogP contribution in [0, 0.1) is 0 Å². The molecule has 2 heterocycles. The normalized spacial score (nSPS) is 15.4. The third kappa shape index (κ3) is 4.15. The van der Waals surface area contributed by atoms with Gasteiger partial charge in [0.2, 0.25) is 0 Å². The number of nitrogens with zero attached hydrogens (tertiary/aromatic N) is 3. The Hall–Kier alpha value is -1.73. The SMILES string of the molecule is NNc1cncc(C(=O)NCCCN2CCCC2)n1. The van der Waals surface area contributed by atoms with E-state index < -0.39 is 0 Å². The largest absolute Gasteiger partial charge is 0.351 e. The van der Waals surface area contributed by atoms with Crippen LogP contribution in [-0.4, -0.2) is 47.0 Å². The van der Waals surface area contributed by atoms with Crippen molar-refractivity contribution in [1.82, 2.24) is 20.2 Å². The minimum absolute atomic E-state index is 0.217. The number of carbonyl (C=O) groups is 1. The fourth-order valence-corrected chi connectivity index (χ4v) is 2.15. The quantitative estimate of drug-likeness (QED) is 0.379. The zero-order valence-electron chi connectivity index (χ0n) is 10.9. The van der Waals surface area contributed by atoms with E-state index >= 15 is 0 Å². The van der Waals surface area contributed by atoms with Crippen LogP contribution in [0.2, 0.25) is 0 Å². The molecule has 1 fully saturated rings. The molecule has 104 valence electrons. The van der Waals surface area contributed by atoms with Crippen molar-refractivity contribution < 1.29 is 4.79 Å². The van der Waals surface area contributed by atoms with Crippen LogP contribution >= 0.6 is 0 Å². The molecule has 2 rings (SSSR count). The lowest BCUT2D eigenvalue weighted by atomic mass is 10.3. The third-order valence-corrected chi connectivity index (χ3v) is 3.15. The first-order valence-electron chi connectivity index (χ1n) is 6.59. The molecule has 4 N–H and O–H groups in total. The number of aromatic nitrogens is 2. The molecule has 0 saturated carbocycles. The number of likely N-dealkylation sites (tertiary alicyclic amines) is 1. The van der Waals surface area contributed by atoms with Gasteiger partial charge in [-0.15, -0.1) is 0 Å². The van der Waals surface area contributed by atoms with Gasteiger partial charge in [-0.3, -0.25) is 9.78 Å². The van der Waals surface area contributed by atoms with Gasteiger partial charge in [-0.05, 0) is 38.9 Å². The molecule has 0 spiro atoms. The number of carbonyl (C=O) groups excluding carboxylic acids is 1. The average molecular weight is 264 g/mol. The molecule has 0 unspecified atom stereocenters. The van der Waals surface area contributed by atoms with Gasteiger partial charge >= 0.3 is 0 Å². The van der Waals surface area contributed by atoms with E-state index in [2.05, 4.69) is 25.6 Å². The van der Waals surface area contributed by atoms with Crippen LogP contribution < -0.4 is 16.6 Å². The van der Waals surface area contributed by atoms with Crippen LogP contribution in [0.4, 0.5) is 5.82 Å². The Morgan fingerprint density at radius 3 is 2.89 bits per heavy atom. The second-order valence-corrected chi connectivity index (χ2v) is 4.59. The summed E-state index contributed by atoms with van der Waals surface area (Å²) in [6.45, 7) is 4.06. The van der Waals surface area contributed by atoms with Crippen LogP contribution in [0.15, 0.2) is 12.4 Å². The number of hydrogen-bond donors (Lipinski definition) is 3. The topological polar surface area (TPSA) is 96.2 Å². The van der Waals surface area contributed by atoms with Crippen molar-refractivity contribution in [1.29, 1.82) is 0 Å². The van der Waals surface area contributed by atoms with Gasteiger partial charge in [-0.1, -0.05) is 0 Å². The summed E-state index contributed by atoms with van der Waals surface area (Å²) in [4.78, 5) is 22.2. The van der Waals surface area contributed by atoms with Gasteiger partial charge in [0, 0.05) is 6.54 Å². The zero-order chi connectivity index (χ0) is 13.5. The number of nitrogen functional groups attached to an aromatic ring is 1. The van der Waals surface area contributed by atoms with Crippen molar-refractivity contribution in [3.63, 3.8) is 0 Å². The highest BCUT2D eigenvalue weighted by Crippen LogP contribution is 2.07. The first kappa shape index (κ1) is 13.7. The fourth-order valence-electron chi connectivity index (χ4n) is 2.15. The number of hydrogen-bond acceptors (Lipinski definition) is 6. The number of nitrogens with two attached hydrogens (primary N) is 1. The van der Waals surface area contributed by atoms with Gasteiger partial charge in [0.05, 0.1) is 12.4 Å². The summed E-state index contributed by atoms with van der Waals surface area (Å²) in [7, 11) is 0. The monoisotopic (exact) mass is 264 g/mol. The van der Waals surface area contributed by atoms with E-state index in [0.29, 0.717) is 12.4 Å². The molecular weight excluding hydrogens is 244 g/mol. The molecule has 1 aromatic heterocycles. The molecule has 0 bridgehead atoms. The highest BCUT2D eigenvalue weighted by Gasteiger charge is 2.11. The van der Waals surface area contributed by atoms with Gasteiger partial charge in [-0.2, -0.15) is 0 Å². The predicted octanol–water partition coefficient (Wildman–Crippen LogP) is -0.0221. The van der Waals surface area contributed by atoms with E-state index in [9.17, 15) is 4.79 Å². The highest BCUT2D eigenvalue weighted by atomic mass is 16.1. The Balaban J connectivity index is 1.71. The summed E-state index contributed by atoms with van der Waals surface area (Å²) < 4.78 is 0. The summed E-state index contributed by atoms with van der Waals surface area (Å²) in [5.41, 5.74) is 2.64. The first-order chi connectivity index (χ1) is 9.29. The second kappa shape index (κ2) is 7.01. The van der Waals surface area contributed by atoms with E-state index in [1.54, 1.807) is 0 Å². The molecule has 1 saturated heterocycles. The van der Waals surface area contributed by atoms with Crippen LogP contribution in [-0.2, 0) is 0 Å². The Kier molecular flexibility index (Phi) is 5.05. The van der Waals surface area contributed by atoms with Crippen molar-refractivity contribution in [2.45, 2.75) is 19.3 Å². The molecule has 0 aliphatic carbocycles. The molecule has 0 aromatic carbocycles. The van der Waals surface area contributed by atoms with Gasteiger partial charge in [0.25, 0.3) is 5.91 Å². The molecule has 0 atom stereocenters. The molecule has 1 amide bonds. The van der Waals surface area contributed by atoms with Gasteiger partial charge in [0.1, 0.15) is 5.69 Å². The van der Waals surface area contributed by atoms with Gasteiger partial charge in [-0.25, -0.2) is 10.8 Å². The van der Waals surface area contributed by atoms with E-state index in [4.69, 9.17) is 5.84 Å². The maximum atomic E-state index is 11.8. The molecule has 1 aromatic rings. The standard InChI is InChI=1S/C12H20N6O/c13-17-11-9-14-8-10(16-11)12(19)15-4-3-7-18-5-1-2-6-18/h8-9H,1-7,13H2,(H,15,19)(H,16,17). The Labute approximate surface area is 112 Å². The van der Waals surface area contributed by atoms with Crippen LogP contribution in [0.25, 0.3) is 0 Å². The van der Waals surface area contributed by atoms with E-state index in [1.165, 1.54) is 38.3 Å². The fraction of sp³-hybridized carbons (Fsp3) is 0.583. The first-order valence-corrected chi connectivity index (χ1v) is 6.59. The van der Waals surface area contributed by atoms with E-state index in [1.807, 2.05) is 0 Å². The Morgan fingerprint density at radius 1 is 1.37 bits per heavy atom. The Bertz CT molecular complexity index is 418. The molecule has 1 aliphatic heterocycles. The van der Waals surface area contributed by atoms with Crippen molar-refractivity contribution in [3.05, 3.63) is 18.1 Å². The molecule has 0 radical (unpaired) electrons. The maximum Gasteiger partial charge on any atom is 0.271 e. The van der Waals surface area contributed by atoms with Gasteiger partial charge < -0.3 is 15.6 Å². The summed E-state index contributed by atoms with van der Waals surface area (Å²) in [5, 5.41) is 2.84. The molecule has 7 nitrogen and oxygen atoms in total. The van der Waals surface area contributed by atoms with Crippen LogP contribution in [0.5, 0.6) is 0 Å². The summed E-state index contributed by atoms with van der Waals surface area (Å²) in [6.07, 6.45) is 6.43. The minimum atomic E-state index is -0.217. The van der Waals surface area contributed by atoms with Crippen LogP contribution in [0.3, 0.4) is 0 Å². The highest BCUT2D eigenvalue weighted by molar-refractivity contribution is 5.92. The smallest absolute Gasteiger partial charge is 0.271 e. The lowest BCUT2D eigenvalue weighted by molar-refractivity contribution is 0.0947. The number of anilines is 1. The number of amides is 1. The molecule has 19 heavy (non-hydrogen) atoms. The summed E-state index contributed by atoms with van der Waals surface area (Å²) >= 11 is 0. The molecular formula is C12H20N6O.